The van der Waals surface area contributed by atoms with E-state index in [1.54, 1.807) is 0 Å². The van der Waals surface area contributed by atoms with Gasteiger partial charge in [-0.05, 0) is 32.9 Å². The highest BCUT2D eigenvalue weighted by molar-refractivity contribution is 7.11. The molecule has 108 valence electrons. The van der Waals surface area contributed by atoms with Crippen molar-refractivity contribution in [1.29, 1.82) is 0 Å². The lowest BCUT2D eigenvalue weighted by Gasteiger charge is -2.10. The molecule has 3 rings (SSSR count). The highest BCUT2D eigenvalue weighted by atomic mass is 32.1. The van der Waals surface area contributed by atoms with Crippen molar-refractivity contribution in [3.63, 3.8) is 0 Å². The number of rotatable bonds is 3. The number of carbonyl (C=O) groups is 1. The molecule has 5 nitrogen and oxygen atoms in total. The van der Waals surface area contributed by atoms with Gasteiger partial charge in [-0.15, -0.1) is 11.3 Å². The van der Waals surface area contributed by atoms with Crippen LogP contribution in [-0.2, 0) is 0 Å². The van der Waals surface area contributed by atoms with E-state index in [2.05, 4.69) is 20.3 Å². The van der Waals surface area contributed by atoms with Crippen LogP contribution in [0.15, 0.2) is 24.3 Å². The summed E-state index contributed by atoms with van der Waals surface area (Å²) >= 11 is 1.53. The van der Waals surface area contributed by atoms with Crippen LogP contribution in [-0.4, -0.2) is 20.9 Å². The molecule has 2 N–H and O–H groups in total. The Morgan fingerprint density at radius 3 is 2.71 bits per heavy atom. The zero-order valence-electron chi connectivity index (χ0n) is 12.1. The Kier molecular flexibility index (Phi) is 3.47. The predicted molar refractivity (Wildman–Crippen MR) is 83.6 cm³/mol. The summed E-state index contributed by atoms with van der Waals surface area (Å²) in [7, 11) is 0. The van der Waals surface area contributed by atoms with Gasteiger partial charge in [0.05, 0.1) is 22.1 Å². The monoisotopic (exact) mass is 300 g/mol. The Morgan fingerprint density at radius 1 is 1.29 bits per heavy atom. The number of aryl methyl sites for hydroxylation is 2. The van der Waals surface area contributed by atoms with Crippen molar-refractivity contribution < 1.29 is 4.79 Å². The van der Waals surface area contributed by atoms with Gasteiger partial charge < -0.3 is 10.3 Å². The lowest BCUT2D eigenvalue weighted by molar-refractivity contribution is 0.0933. The van der Waals surface area contributed by atoms with E-state index < -0.39 is 0 Å². The second-order valence-electron chi connectivity index (χ2n) is 4.97. The first kappa shape index (κ1) is 13.8. The number of imidazole rings is 1. The maximum atomic E-state index is 12.3. The van der Waals surface area contributed by atoms with Crippen LogP contribution in [0.3, 0.4) is 0 Å². The fraction of sp³-hybridized carbons (Fsp3) is 0.267. The third kappa shape index (κ3) is 2.67. The highest BCUT2D eigenvalue weighted by Gasteiger charge is 2.18. The van der Waals surface area contributed by atoms with Crippen LogP contribution in [0, 0.1) is 13.8 Å². The number of hydrogen-bond acceptors (Lipinski definition) is 4. The first-order valence-corrected chi connectivity index (χ1v) is 7.56. The van der Waals surface area contributed by atoms with Crippen molar-refractivity contribution in [2.45, 2.75) is 26.8 Å². The summed E-state index contributed by atoms with van der Waals surface area (Å²) in [5, 5.41) is 3.84. The Labute approximate surface area is 126 Å². The van der Waals surface area contributed by atoms with Crippen LogP contribution in [0.1, 0.15) is 39.2 Å². The predicted octanol–water partition coefficient (Wildman–Crippen LogP) is 3.13. The second-order valence-corrected chi connectivity index (χ2v) is 6.38. The Bertz CT molecular complexity index is 772. The lowest BCUT2D eigenvalue weighted by Crippen LogP contribution is -2.28. The number of aromatic amines is 1. The molecule has 3 aromatic rings. The number of nitrogens with zero attached hydrogens (tertiary/aromatic N) is 2. The van der Waals surface area contributed by atoms with Gasteiger partial charge in [0.1, 0.15) is 11.5 Å². The van der Waals surface area contributed by atoms with Crippen LogP contribution < -0.4 is 5.32 Å². The molecule has 21 heavy (non-hydrogen) atoms. The maximum Gasteiger partial charge on any atom is 0.271 e. The summed E-state index contributed by atoms with van der Waals surface area (Å²) in [5.41, 5.74) is 2.36. The molecule has 2 heterocycles. The molecule has 2 aromatic heterocycles. The van der Waals surface area contributed by atoms with E-state index in [9.17, 15) is 4.79 Å². The number of amides is 1. The second kappa shape index (κ2) is 5.29. The molecule has 0 radical (unpaired) electrons. The minimum Gasteiger partial charge on any atom is -0.341 e. The number of para-hydroxylation sites is 2. The van der Waals surface area contributed by atoms with Crippen molar-refractivity contribution in [3.05, 3.63) is 45.7 Å². The molecule has 1 amide bonds. The third-order valence-corrected chi connectivity index (χ3v) is 4.17. The number of thiazole rings is 1. The summed E-state index contributed by atoms with van der Waals surface area (Å²) in [6, 6.07) is 7.60. The van der Waals surface area contributed by atoms with Gasteiger partial charge in [-0.2, -0.15) is 0 Å². The van der Waals surface area contributed by atoms with Crippen molar-refractivity contribution in [1.82, 2.24) is 20.3 Å². The maximum absolute atomic E-state index is 12.3. The number of benzene rings is 1. The average Bonchev–Trinajstić information content (AvgIpc) is 3.01. The zero-order valence-corrected chi connectivity index (χ0v) is 12.9. The summed E-state index contributed by atoms with van der Waals surface area (Å²) in [6.07, 6.45) is 0. The third-order valence-electron chi connectivity index (χ3n) is 3.28. The fourth-order valence-electron chi connectivity index (χ4n) is 2.25. The van der Waals surface area contributed by atoms with E-state index in [1.807, 2.05) is 45.0 Å². The van der Waals surface area contributed by atoms with Crippen molar-refractivity contribution in [3.8, 4) is 0 Å². The normalized spacial score (nSPS) is 12.5. The van der Waals surface area contributed by atoms with Crippen molar-refractivity contribution >= 4 is 28.3 Å². The van der Waals surface area contributed by atoms with Crippen LogP contribution in [0.4, 0.5) is 0 Å². The van der Waals surface area contributed by atoms with E-state index in [4.69, 9.17) is 0 Å². The van der Waals surface area contributed by atoms with Crippen molar-refractivity contribution in [2.75, 3.05) is 0 Å². The Balaban J connectivity index is 1.81. The van der Waals surface area contributed by atoms with Gasteiger partial charge in [0, 0.05) is 4.88 Å². The number of fused-ring (bicyclic) bond motifs is 1. The minimum atomic E-state index is -0.202. The Morgan fingerprint density at radius 2 is 2.05 bits per heavy atom. The van der Waals surface area contributed by atoms with Gasteiger partial charge in [-0.1, -0.05) is 12.1 Å². The van der Waals surface area contributed by atoms with E-state index in [0.29, 0.717) is 5.69 Å². The molecule has 0 aliphatic rings. The molecule has 0 bridgehead atoms. The van der Waals surface area contributed by atoms with E-state index >= 15 is 0 Å². The molecule has 0 saturated heterocycles. The quantitative estimate of drug-likeness (QED) is 0.780. The first-order valence-electron chi connectivity index (χ1n) is 6.74. The minimum absolute atomic E-state index is 0.162. The van der Waals surface area contributed by atoms with Gasteiger partial charge in [0.25, 0.3) is 5.91 Å². The summed E-state index contributed by atoms with van der Waals surface area (Å²) in [5.74, 6) is 0.582. The molecule has 1 aromatic carbocycles. The molecule has 6 heteroatoms. The molecule has 0 aliphatic heterocycles. The van der Waals surface area contributed by atoms with Gasteiger partial charge in [-0.3, -0.25) is 4.79 Å². The number of aromatic nitrogens is 3. The van der Waals surface area contributed by atoms with Gasteiger partial charge in [0.15, 0.2) is 0 Å². The van der Waals surface area contributed by atoms with Gasteiger partial charge in [-0.25, -0.2) is 9.97 Å². The van der Waals surface area contributed by atoms with E-state index in [0.717, 1.165) is 26.7 Å². The molecule has 1 atom stereocenters. The molecular formula is C15H16N4OS. The Hall–Kier alpha value is -2.21. The largest absolute Gasteiger partial charge is 0.341 e. The number of carbonyl (C=O) groups excluding carboxylic acids is 1. The van der Waals surface area contributed by atoms with E-state index in [1.165, 1.54) is 11.3 Å². The lowest BCUT2D eigenvalue weighted by atomic mass is 10.3. The molecule has 0 aliphatic carbocycles. The topological polar surface area (TPSA) is 70.7 Å². The number of nitrogens with one attached hydrogen (secondary N) is 2. The van der Waals surface area contributed by atoms with Gasteiger partial charge >= 0.3 is 0 Å². The van der Waals surface area contributed by atoms with Crippen LogP contribution >= 0.6 is 11.3 Å². The zero-order chi connectivity index (χ0) is 15.0. The average molecular weight is 300 g/mol. The standard InChI is InChI=1S/C15H16N4OS/c1-8(14-18-11-6-4-5-7-12(11)19-14)16-15(20)13-9(2)21-10(3)17-13/h4-8H,1-3H3,(H,16,20)(H,18,19). The van der Waals surface area contributed by atoms with Crippen LogP contribution in [0.5, 0.6) is 0 Å². The summed E-state index contributed by atoms with van der Waals surface area (Å²) < 4.78 is 0. The molecule has 0 fully saturated rings. The number of H-pyrrole nitrogens is 1. The molecular weight excluding hydrogens is 284 g/mol. The van der Waals surface area contributed by atoms with Gasteiger partial charge in [0.2, 0.25) is 0 Å². The highest BCUT2D eigenvalue weighted by Crippen LogP contribution is 2.19. The molecule has 0 saturated carbocycles. The summed E-state index contributed by atoms with van der Waals surface area (Å²) in [6.45, 7) is 5.72. The van der Waals surface area contributed by atoms with E-state index in [-0.39, 0.29) is 11.9 Å². The van der Waals surface area contributed by atoms with Crippen LogP contribution in [0.2, 0.25) is 0 Å². The molecule has 0 spiro atoms. The fourth-order valence-corrected chi connectivity index (χ4v) is 3.07. The first-order chi connectivity index (χ1) is 10.0. The van der Waals surface area contributed by atoms with Crippen LogP contribution in [0.25, 0.3) is 11.0 Å². The number of hydrogen-bond donors (Lipinski definition) is 2. The SMILES string of the molecule is Cc1nc(C(=O)NC(C)c2nc3ccccc3[nH]2)c(C)s1. The summed E-state index contributed by atoms with van der Waals surface area (Å²) in [4.78, 5) is 25.2. The smallest absolute Gasteiger partial charge is 0.271 e. The molecule has 1 unspecified atom stereocenters. The van der Waals surface area contributed by atoms with Crippen molar-refractivity contribution in [2.24, 2.45) is 0 Å².